The summed E-state index contributed by atoms with van der Waals surface area (Å²) in [5, 5.41) is 19.3. The topological polar surface area (TPSA) is 119 Å². The number of carbonyl (C=O) groups excluding carboxylic acids is 1. The van der Waals surface area contributed by atoms with Crippen LogP contribution in [0.3, 0.4) is 0 Å². The molecule has 4 atom stereocenters. The molecule has 2 aliphatic heterocycles. The number of hydrogen-bond donors (Lipinski definition) is 2. The molecule has 3 fully saturated rings. The molecule has 1 aliphatic carbocycles. The fourth-order valence-corrected chi connectivity index (χ4v) is 7.20. The molecule has 10 nitrogen and oxygen atoms in total. The first kappa shape index (κ1) is 37.2. The van der Waals surface area contributed by atoms with Gasteiger partial charge in [-0.2, -0.15) is 26.3 Å². The highest BCUT2D eigenvalue weighted by molar-refractivity contribution is 5.71. The van der Waals surface area contributed by atoms with Gasteiger partial charge in [0.1, 0.15) is 6.10 Å². The molecule has 16 heteroatoms. The maximum atomic E-state index is 13.8. The van der Waals surface area contributed by atoms with E-state index in [0.717, 1.165) is 0 Å². The molecular weight excluding hydrogens is 672 g/mol. The highest BCUT2D eigenvalue weighted by Gasteiger charge is 2.42. The first-order valence-corrected chi connectivity index (χ1v) is 16.7. The van der Waals surface area contributed by atoms with E-state index in [-0.39, 0.29) is 30.4 Å². The van der Waals surface area contributed by atoms with Crippen LogP contribution in [0, 0.1) is 5.92 Å². The molecule has 1 saturated carbocycles. The van der Waals surface area contributed by atoms with Crippen molar-refractivity contribution < 1.29 is 50.9 Å². The molecule has 1 aromatic heterocycles. The van der Waals surface area contributed by atoms with Crippen LogP contribution in [0.4, 0.5) is 42.8 Å². The first-order valence-electron chi connectivity index (χ1n) is 16.7. The van der Waals surface area contributed by atoms with Crippen LogP contribution in [-0.2, 0) is 28.4 Å². The number of carboxylic acid groups (broad SMARTS) is 1. The quantitative estimate of drug-likeness (QED) is 0.217. The average Bonchev–Trinajstić information content (AvgIpc) is 3.52. The van der Waals surface area contributed by atoms with E-state index in [1.165, 1.54) is 12.4 Å². The molecule has 50 heavy (non-hydrogen) atoms. The van der Waals surface area contributed by atoms with Crippen molar-refractivity contribution in [2.24, 2.45) is 5.92 Å². The number of alkyl halides is 6. The lowest BCUT2D eigenvalue weighted by Crippen LogP contribution is -2.57. The van der Waals surface area contributed by atoms with Gasteiger partial charge in [0.25, 0.3) is 0 Å². The van der Waals surface area contributed by atoms with Crippen molar-refractivity contribution in [2.45, 2.75) is 108 Å². The molecule has 3 heterocycles. The molecular formula is C34H41F6N5O5. The molecule has 1 amide bonds. The molecule has 1 aromatic carbocycles. The molecule has 0 spiro atoms. The summed E-state index contributed by atoms with van der Waals surface area (Å²) in [6, 6.07) is -0.128. The number of carbonyl (C=O) groups is 2. The Kier molecular flexibility index (Phi) is 11.2. The van der Waals surface area contributed by atoms with E-state index < -0.39 is 78.3 Å². The van der Waals surface area contributed by atoms with Crippen LogP contribution in [0.2, 0.25) is 0 Å². The standard InChI is InChI=1S/C34H41F6N5O5/c1-3-24-14-26(15-25(4-2)45(24)32(49)50-29-7-5-21(6-8-29)30(47)48)44(31-41-16-27(17-42-31)43-10-9-28(46)19-43)18-20-11-22(33(35,36)37)13-23(12-20)34(38,39)40/h3,11-13,16-17,21,24-26,28-29,46H,1,4-10,14-15,18-19H2,2H3,(H,47,48)/t21?,24-,25+,26+,28-,29?/m0/s1. The Bertz CT molecular complexity index is 1480. The summed E-state index contributed by atoms with van der Waals surface area (Å²) >= 11 is 0. The number of amides is 1. The van der Waals surface area contributed by atoms with E-state index >= 15 is 0 Å². The summed E-state index contributed by atoms with van der Waals surface area (Å²) in [5.41, 5.74) is -2.51. The highest BCUT2D eigenvalue weighted by Crippen LogP contribution is 2.39. The minimum absolute atomic E-state index is 0.0772. The number of ether oxygens (including phenoxy) is 1. The molecule has 0 bridgehead atoms. The Morgan fingerprint density at radius 3 is 2.12 bits per heavy atom. The Morgan fingerprint density at radius 1 is 1.00 bits per heavy atom. The summed E-state index contributed by atoms with van der Waals surface area (Å²) < 4.78 is 88.6. The van der Waals surface area contributed by atoms with Gasteiger partial charge in [-0.3, -0.25) is 9.69 Å². The average molecular weight is 714 g/mol. The van der Waals surface area contributed by atoms with Crippen LogP contribution in [0.15, 0.2) is 43.2 Å². The second kappa shape index (κ2) is 15.0. The van der Waals surface area contributed by atoms with E-state index in [0.29, 0.717) is 69.4 Å². The summed E-state index contributed by atoms with van der Waals surface area (Å²) in [6.45, 7) is 6.30. The Balaban J connectivity index is 1.44. The van der Waals surface area contributed by atoms with E-state index in [1.54, 1.807) is 15.9 Å². The van der Waals surface area contributed by atoms with Gasteiger partial charge in [-0.1, -0.05) is 13.0 Å². The lowest BCUT2D eigenvalue weighted by Gasteiger charge is -2.47. The number of piperidine rings is 1. The molecule has 2 aromatic rings. The number of hydrogen-bond acceptors (Lipinski definition) is 8. The third kappa shape index (κ3) is 8.61. The molecule has 3 aliphatic rings. The summed E-state index contributed by atoms with van der Waals surface area (Å²) in [5.74, 6) is -1.29. The predicted molar refractivity (Wildman–Crippen MR) is 170 cm³/mol. The van der Waals surface area contributed by atoms with Gasteiger partial charge in [-0.05, 0) is 75.1 Å². The van der Waals surface area contributed by atoms with Gasteiger partial charge in [-0.25, -0.2) is 14.8 Å². The van der Waals surface area contributed by atoms with Gasteiger partial charge < -0.3 is 24.7 Å². The zero-order chi connectivity index (χ0) is 36.4. The highest BCUT2D eigenvalue weighted by atomic mass is 19.4. The fraction of sp³-hybridized carbons (Fsp3) is 0.588. The van der Waals surface area contributed by atoms with Gasteiger partial charge in [0.05, 0.1) is 47.3 Å². The Labute approximate surface area is 285 Å². The third-order valence-electron chi connectivity index (χ3n) is 9.90. The molecule has 2 N–H and O–H groups in total. The van der Waals surface area contributed by atoms with E-state index in [1.807, 2.05) is 11.8 Å². The zero-order valence-electron chi connectivity index (χ0n) is 27.5. The molecule has 5 rings (SSSR count). The normalized spacial score (nSPS) is 26.1. The van der Waals surface area contributed by atoms with Gasteiger partial charge in [-0.15, -0.1) is 6.58 Å². The number of nitrogens with zero attached hydrogens (tertiary/aromatic N) is 5. The van der Waals surface area contributed by atoms with Crippen molar-refractivity contribution in [3.05, 3.63) is 59.9 Å². The number of anilines is 2. The van der Waals surface area contributed by atoms with E-state index in [4.69, 9.17) is 4.74 Å². The minimum Gasteiger partial charge on any atom is -0.481 e. The van der Waals surface area contributed by atoms with Gasteiger partial charge in [0.2, 0.25) is 5.95 Å². The van der Waals surface area contributed by atoms with Crippen molar-refractivity contribution in [3.63, 3.8) is 0 Å². The van der Waals surface area contributed by atoms with Crippen LogP contribution in [-0.4, -0.2) is 80.6 Å². The number of aromatic nitrogens is 2. The van der Waals surface area contributed by atoms with Crippen LogP contribution < -0.4 is 9.80 Å². The maximum absolute atomic E-state index is 13.8. The molecule has 2 saturated heterocycles. The lowest BCUT2D eigenvalue weighted by atomic mass is 9.87. The SMILES string of the molecule is C=C[C@H]1C[C@@H](N(Cc2cc(C(F)(F)F)cc(C(F)(F)F)c2)c2ncc(N3CC[C@H](O)C3)cn2)C[C@@H](CC)N1C(=O)OC1CCC(C(=O)O)CC1. The number of carboxylic acids is 1. The fourth-order valence-electron chi connectivity index (χ4n) is 7.20. The van der Waals surface area contributed by atoms with Crippen molar-refractivity contribution in [1.29, 1.82) is 0 Å². The largest absolute Gasteiger partial charge is 0.481 e. The zero-order valence-corrected chi connectivity index (χ0v) is 27.5. The number of aliphatic hydroxyl groups is 1. The lowest BCUT2D eigenvalue weighted by molar-refractivity contribution is -0.144. The van der Waals surface area contributed by atoms with E-state index in [9.17, 15) is 46.1 Å². The third-order valence-corrected chi connectivity index (χ3v) is 9.90. The first-order chi connectivity index (χ1) is 23.6. The summed E-state index contributed by atoms with van der Waals surface area (Å²) in [7, 11) is 0. The number of rotatable bonds is 9. The molecule has 0 unspecified atom stereocenters. The Hall–Kier alpha value is -4.08. The predicted octanol–water partition coefficient (Wildman–Crippen LogP) is 6.67. The molecule has 0 radical (unpaired) electrons. The van der Waals surface area contributed by atoms with Gasteiger partial charge in [0, 0.05) is 31.7 Å². The number of aliphatic carboxylic acids is 1. The number of halogens is 6. The van der Waals surface area contributed by atoms with Gasteiger partial charge in [0.15, 0.2) is 0 Å². The second-order valence-corrected chi connectivity index (χ2v) is 13.3. The minimum atomic E-state index is -5.03. The smallest absolute Gasteiger partial charge is 0.416 e. The van der Waals surface area contributed by atoms with Gasteiger partial charge >= 0.3 is 24.4 Å². The van der Waals surface area contributed by atoms with Crippen LogP contribution >= 0.6 is 0 Å². The van der Waals surface area contributed by atoms with Crippen molar-refractivity contribution in [1.82, 2.24) is 14.9 Å². The monoisotopic (exact) mass is 713 g/mol. The van der Waals surface area contributed by atoms with Crippen molar-refractivity contribution in [2.75, 3.05) is 22.9 Å². The van der Waals surface area contributed by atoms with Crippen LogP contribution in [0.25, 0.3) is 0 Å². The number of β-amino-alcohol motifs (C(OH)–C–C–N with tert-alkyl or cyclic N) is 1. The second-order valence-electron chi connectivity index (χ2n) is 13.3. The number of likely N-dealkylation sites (tertiary alicyclic amines) is 1. The van der Waals surface area contributed by atoms with Crippen LogP contribution in [0.1, 0.15) is 75.0 Å². The van der Waals surface area contributed by atoms with Crippen molar-refractivity contribution >= 4 is 23.7 Å². The van der Waals surface area contributed by atoms with Crippen LogP contribution in [0.5, 0.6) is 0 Å². The Morgan fingerprint density at radius 2 is 1.62 bits per heavy atom. The number of aliphatic hydroxyl groups excluding tert-OH is 1. The summed E-state index contributed by atoms with van der Waals surface area (Å²) in [6.07, 6.45) is -3.98. The van der Waals surface area contributed by atoms with E-state index in [2.05, 4.69) is 16.5 Å². The number of benzene rings is 1. The van der Waals surface area contributed by atoms with Crippen molar-refractivity contribution in [3.8, 4) is 0 Å². The maximum Gasteiger partial charge on any atom is 0.416 e. The molecule has 274 valence electrons. The summed E-state index contributed by atoms with van der Waals surface area (Å²) in [4.78, 5) is 38.9.